The molecule has 1 aliphatic carbocycles. The van der Waals surface area contributed by atoms with Crippen molar-refractivity contribution >= 4 is 40.9 Å². The normalized spacial score (nSPS) is 19.2. The molecule has 2 heterocycles. The molecule has 0 unspecified atom stereocenters. The van der Waals surface area contributed by atoms with Crippen LogP contribution in [0.3, 0.4) is 0 Å². The number of pyridine rings is 2. The Morgan fingerprint density at radius 2 is 2.23 bits per heavy atom. The molecule has 136 valence electrons. The van der Waals surface area contributed by atoms with Gasteiger partial charge in [-0.15, -0.1) is 0 Å². The third kappa shape index (κ3) is 4.03. The van der Waals surface area contributed by atoms with Crippen molar-refractivity contribution in [3.63, 3.8) is 0 Å². The van der Waals surface area contributed by atoms with Gasteiger partial charge >= 0.3 is 0 Å². The van der Waals surface area contributed by atoms with E-state index in [-0.39, 0.29) is 40.3 Å². The van der Waals surface area contributed by atoms with Gasteiger partial charge in [-0.3, -0.25) is 4.79 Å². The first-order valence-electron chi connectivity index (χ1n) is 7.56. The maximum Gasteiger partial charge on any atom is 0.281 e. The highest BCUT2D eigenvalue weighted by Gasteiger charge is 2.44. The number of amidine groups is 1. The van der Waals surface area contributed by atoms with Crippen molar-refractivity contribution in [3.05, 3.63) is 51.6 Å². The molecule has 7 nitrogen and oxygen atoms in total. The van der Waals surface area contributed by atoms with Gasteiger partial charge in [-0.1, -0.05) is 23.2 Å². The van der Waals surface area contributed by atoms with Crippen LogP contribution in [-0.4, -0.2) is 35.0 Å². The molecule has 0 spiro atoms. The minimum Gasteiger partial charge on any atom is -0.461 e. The average Bonchev–Trinajstić information content (AvgIpc) is 3.35. The Kier molecular flexibility index (Phi) is 5.24. The number of nitrogens with two attached hydrogens (primary N) is 1. The molecule has 1 amide bonds. The summed E-state index contributed by atoms with van der Waals surface area (Å²) in [4.78, 5) is 24.0. The van der Waals surface area contributed by atoms with E-state index < -0.39 is 11.7 Å². The van der Waals surface area contributed by atoms with Crippen LogP contribution in [0.4, 0.5) is 10.2 Å². The molecule has 10 heteroatoms. The summed E-state index contributed by atoms with van der Waals surface area (Å²) in [6, 6.07) is 4.01. The van der Waals surface area contributed by atoms with E-state index in [0.29, 0.717) is 11.4 Å². The van der Waals surface area contributed by atoms with E-state index in [1.807, 2.05) is 0 Å². The molecule has 0 aliphatic heterocycles. The highest BCUT2D eigenvalue weighted by molar-refractivity contribution is 6.36. The van der Waals surface area contributed by atoms with Crippen LogP contribution in [0.1, 0.15) is 28.5 Å². The number of rotatable bonds is 4. The Morgan fingerprint density at radius 1 is 1.46 bits per heavy atom. The summed E-state index contributed by atoms with van der Waals surface area (Å²) < 4.78 is 19.4. The van der Waals surface area contributed by atoms with Crippen molar-refractivity contribution < 1.29 is 13.9 Å². The molecule has 0 saturated heterocycles. The zero-order valence-corrected chi connectivity index (χ0v) is 15.1. The summed E-state index contributed by atoms with van der Waals surface area (Å²) in [6.07, 6.45) is 1.57. The number of nitrogens with one attached hydrogen (secondary N) is 1. The Labute approximate surface area is 158 Å². The molecule has 0 bridgehead atoms. The smallest absolute Gasteiger partial charge is 0.281 e. The summed E-state index contributed by atoms with van der Waals surface area (Å²) in [7, 11) is 1.50. The van der Waals surface area contributed by atoms with Crippen molar-refractivity contribution in [2.75, 3.05) is 12.4 Å². The fourth-order valence-electron chi connectivity index (χ4n) is 2.34. The summed E-state index contributed by atoms with van der Waals surface area (Å²) >= 11 is 11.7. The number of anilines is 1. The van der Waals surface area contributed by atoms with Crippen molar-refractivity contribution in [1.82, 2.24) is 9.97 Å². The number of ether oxygens (including phenoxy) is 1. The maximum absolute atomic E-state index is 14.1. The first-order chi connectivity index (χ1) is 12.4. The Bertz CT molecular complexity index is 893. The molecule has 1 saturated carbocycles. The van der Waals surface area contributed by atoms with Gasteiger partial charge in [-0.2, -0.15) is 0 Å². The zero-order chi connectivity index (χ0) is 18.8. The average molecular weight is 398 g/mol. The lowest BCUT2D eigenvalue weighted by atomic mass is 10.2. The van der Waals surface area contributed by atoms with E-state index in [4.69, 9.17) is 33.7 Å². The summed E-state index contributed by atoms with van der Waals surface area (Å²) in [6.45, 7) is 0. The number of amides is 1. The molecule has 0 aromatic carbocycles. The fraction of sp³-hybridized carbons (Fsp3) is 0.250. The molecule has 3 N–H and O–H groups in total. The molecule has 1 aliphatic rings. The number of aromatic nitrogens is 2. The minimum absolute atomic E-state index is 0.0108. The highest BCUT2D eigenvalue weighted by atomic mass is 35.5. The molecule has 26 heavy (non-hydrogen) atoms. The van der Waals surface area contributed by atoms with Gasteiger partial charge in [0.15, 0.2) is 0 Å². The largest absolute Gasteiger partial charge is 0.461 e. The van der Waals surface area contributed by atoms with Crippen LogP contribution in [-0.2, 0) is 4.74 Å². The Morgan fingerprint density at radius 3 is 2.92 bits per heavy atom. The van der Waals surface area contributed by atoms with Gasteiger partial charge in [0.25, 0.3) is 11.9 Å². The molecular weight excluding hydrogens is 384 g/mol. The SMILES string of the molecule is C/N=C(/N)O[C@@H]1C[C@@H]1c1nc(NC(=O)c2ncc(Cl)cc2Cl)ccc1F. The zero-order valence-electron chi connectivity index (χ0n) is 13.5. The summed E-state index contributed by atoms with van der Waals surface area (Å²) in [5.41, 5.74) is 5.68. The van der Waals surface area contributed by atoms with Crippen LogP contribution in [0.25, 0.3) is 0 Å². The summed E-state index contributed by atoms with van der Waals surface area (Å²) in [5, 5.41) is 2.95. The molecule has 3 rings (SSSR count). The van der Waals surface area contributed by atoms with E-state index in [0.717, 1.165) is 0 Å². The van der Waals surface area contributed by atoms with Crippen LogP contribution in [0.15, 0.2) is 29.4 Å². The number of hydrogen-bond donors (Lipinski definition) is 2. The van der Waals surface area contributed by atoms with Crippen LogP contribution in [0.2, 0.25) is 10.0 Å². The number of nitrogens with zero attached hydrogens (tertiary/aromatic N) is 3. The highest BCUT2D eigenvalue weighted by Crippen LogP contribution is 2.43. The van der Waals surface area contributed by atoms with Gasteiger partial charge in [0.1, 0.15) is 23.4 Å². The van der Waals surface area contributed by atoms with Crippen LogP contribution in [0, 0.1) is 5.82 Å². The van der Waals surface area contributed by atoms with Crippen molar-refractivity contribution in [2.45, 2.75) is 18.4 Å². The summed E-state index contributed by atoms with van der Waals surface area (Å²) in [5.74, 6) is -1.16. The Hall–Kier alpha value is -2.45. The fourth-order valence-corrected chi connectivity index (χ4v) is 2.81. The topological polar surface area (TPSA) is 102 Å². The monoisotopic (exact) mass is 397 g/mol. The lowest BCUT2D eigenvalue weighted by Gasteiger charge is -2.09. The van der Waals surface area contributed by atoms with Crippen molar-refractivity contribution in [3.8, 4) is 0 Å². The number of hydrogen-bond acceptors (Lipinski definition) is 5. The number of aliphatic imine (C=N–C) groups is 1. The van der Waals surface area contributed by atoms with Gasteiger partial charge in [0.05, 0.1) is 15.7 Å². The molecule has 1 fully saturated rings. The maximum atomic E-state index is 14.1. The van der Waals surface area contributed by atoms with Gasteiger partial charge in [0, 0.05) is 19.2 Å². The molecule has 2 atom stereocenters. The molecule has 2 aromatic rings. The van der Waals surface area contributed by atoms with E-state index in [1.165, 1.54) is 31.4 Å². The van der Waals surface area contributed by atoms with Gasteiger partial charge < -0.3 is 15.8 Å². The van der Waals surface area contributed by atoms with E-state index in [1.54, 1.807) is 0 Å². The first kappa shape index (κ1) is 18.3. The first-order valence-corrected chi connectivity index (χ1v) is 8.32. The third-order valence-corrected chi connectivity index (χ3v) is 4.21. The molecule has 0 radical (unpaired) electrons. The minimum atomic E-state index is -0.581. The van der Waals surface area contributed by atoms with Crippen molar-refractivity contribution in [1.29, 1.82) is 0 Å². The predicted octanol–water partition coefficient (Wildman–Crippen LogP) is 2.99. The van der Waals surface area contributed by atoms with Crippen molar-refractivity contribution in [2.24, 2.45) is 10.7 Å². The second-order valence-corrected chi connectivity index (χ2v) is 6.41. The van der Waals surface area contributed by atoms with Gasteiger partial charge in [-0.25, -0.2) is 19.4 Å². The second kappa shape index (κ2) is 7.43. The third-order valence-electron chi connectivity index (χ3n) is 3.71. The van der Waals surface area contributed by atoms with E-state index in [2.05, 4.69) is 20.3 Å². The number of carbonyl (C=O) groups is 1. The standard InChI is InChI=1S/C16H14Cl2FN5O2/c1-21-16(20)26-11-5-8(11)13-10(19)2-3-12(23-13)24-15(25)14-9(18)4-7(17)6-22-14/h2-4,6,8,11H,5H2,1H3,(H2,20,21)(H,23,24,25)/t8-,11+/m0/s1. The van der Waals surface area contributed by atoms with E-state index in [9.17, 15) is 9.18 Å². The van der Waals surface area contributed by atoms with Gasteiger partial charge in [0.2, 0.25) is 0 Å². The lowest BCUT2D eigenvalue weighted by molar-refractivity contribution is 0.102. The number of halogens is 3. The Balaban J connectivity index is 1.75. The van der Waals surface area contributed by atoms with E-state index >= 15 is 0 Å². The van der Waals surface area contributed by atoms with Crippen LogP contribution >= 0.6 is 23.2 Å². The predicted molar refractivity (Wildman–Crippen MR) is 96.2 cm³/mol. The van der Waals surface area contributed by atoms with Gasteiger partial charge in [-0.05, 0) is 24.6 Å². The number of carbonyl (C=O) groups excluding carboxylic acids is 1. The molecule has 2 aromatic heterocycles. The second-order valence-electron chi connectivity index (χ2n) is 5.56. The quantitative estimate of drug-likeness (QED) is 0.609. The van der Waals surface area contributed by atoms with Crippen LogP contribution < -0.4 is 11.1 Å². The molecular formula is C16H14Cl2FN5O2. The lowest BCUT2D eigenvalue weighted by Crippen LogP contribution is -2.18. The van der Waals surface area contributed by atoms with Crippen LogP contribution in [0.5, 0.6) is 0 Å².